The molecule has 4 rings (SSSR count). The van der Waals surface area contributed by atoms with Crippen LogP contribution in [-0.4, -0.2) is 32.0 Å². The Labute approximate surface area is 222 Å². The summed E-state index contributed by atoms with van der Waals surface area (Å²) in [6.07, 6.45) is 4.01. The van der Waals surface area contributed by atoms with Gasteiger partial charge in [-0.2, -0.15) is 0 Å². The fourth-order valence-corrected chi connectivity index (χ4v) is 6.92. The summed E-state index contributed by atoms with van der Waals surface area (Å²) >= 11 is 0. The average molecular weight is 476 g/mol. The second-order valence-electron chi connectivity index (χ2n) is 8.38. The Kier molecular flexibility index (Phi) is 8.64. The van der Waals surface area contributed by atoms with Crippen LogP contribution in [0.5, 0.6) is 5.75 Å². The molecule has 1 aromatic rings. The van der Waals surface area contributed by atoms with E-state index in [1.54, 1.807) is 6.07 Å². The van der Waals surface area contributed by atoms with Gasteiger partial charge >= 0.3 is 59.1 Å². The first kappa shape index (κ1) is 27.0. The van der Waals surface area contributed by atoms with Gasteiger partial charge in [-0.1, -0.05) is 13.0 Å². The third kappa shape index (κ3) is 5.47. The maximum atomic E-state index is 11.1. The van der Waals surface area contributed by atoms with Gasteiger partial charge in [0.2, 0.25) is 10.4 Å². The standard InChI is InChI=1S/C18H24O8S2.2Na/c1-18-9-8-14-13-5-3-12(25-27(19,20)21)10-11(13)2-4-15(14)16(18)6-7-17(18)26-28(22,23)24;;/h3,5,10,14-17H,2,4,6-9H2,1H3,(H,19,20,21)(H,22,23,24);;/q;2*+1/p-2/t14?,15?,16?,17-,18-;;/m0../s1. The third-order valence-corrected chi connectivity index (χ3v) is 7.91. The maximum absolute atomic E-state index is 11.1. The van der Waals surface area contributed by atoms with Crippen LogP contribution in [0.3, 0.4) is 0 Å². The van der Waals surface area contributed by atoms with Crippen LogP contribution in [0.15, 0.2) is 18.2 Å². The quantitative estimate of drug-likeness (QED) is 0.246. The zero-order valence-corrected chi connectivity index (χ0v) is 23.0. The van der Waals surface area contributed by atoms with Crippen LogP contribution < -0.4 is 63.3 Å². The predicted molar refractivity (Wildman–Crippen MR) is 96.0 cm³/mol. The van der Waals surface area contributed by atoms with Gasteiger partial charge in [0.15, 0.2) is 0 Å². The van der Waals surface area contributed by atoms with Crippen LogP contribution in [0.1, 0.15) is 56.1 Å². The molecule has 3 aliphatic carbocycles. The monoisotopic (exact) mass is 476 g/mol. The molecule has 8 nitrogen and oxygen atoms in total. The van der Waals surface area contributed by atoms with Crippen LogP contribution in [0.2, 0.25) is 0 Å². The molecule has 30 heavy (non-hydrogen) atoms. The molecule has 2 saturated carbocycles. The third-order valence-electron chi connectivity index (χ3n) is 7.04. The van der Waals surface area contributed by atoms with Crippen molar-refractivity contribution in [3.05, 3.63) is 29.3 Å². The molecule has 0 saturated heterocycles. The topological polar surface area (TPSA) is 133 Å². The van der Waals surface area contributed by atoms with Crippen molar-refractivity contribution in [2.45, 2.75) is 57.5 Å². The largest absolute Gasteiger partial charge is 1.00 e. The normalized spacial score (nSPS) is 32.6. The number of fused-ring (bicyclic) bond motifs is 5. The molecule has 0 aliphatic heterocycles. The van der Waals surface area contributed by atoms with Gasteiger partial charge in [0.1, 0.15) is 5.75 Å². The molecule has 0 heterocycles. The summed E-state index contributed by atoms with van der Waals surface area (Å²) < 4.78 is 75.2. The van der Waals surface area contributed by atoms with E-state index in [4.69, 9.17) is 4.18 Å². The number of rotatable bonds is 4. The second-order valence-corrected chi connectivity index (χ2v) is 10.4. The first-order chi connectivity index (χ1) is 13.0. The minimum absolute atomic E-state index is 0. The summed E-state index contributed by atoms with van der Waals surface area (Å²) in [4.78, 5) is 0. The molecule has 12 heteroatoms. The first-order valence-corrected chi connectivity index (χ1v) is 12.1. The molecule has 0 N–H and O–H groups in total. The van der Waals surface area contributed by atoms with E-state index in [2.05, 4.69) is 4.18 Å². The SMILES string of the molecule is C[C@]12CCC3c4ccc(OS(=O)(=O)[O-])cc4CCC3C1CC[C@@H]2OS(=O)(=O)[O-].[Na+].[Na+]. The van der Waals surface area contributed by atoms with Crippen LogP contribution in [0.25, 0.3) is 0 Å². The Bertz CT molecular complexity index is 997. The molecule has 3 aliphatic rings. The summed E-state index contributed by atoms with van der Waals surface area (Å²) in [7, 11) is -9.54. The van der Waals surface area contributed by atoms with Gasteiger partial charge in [0.25, 0.3) is 10.4 Å². The number of aryl methyl sites for hydroxylation is 1. The van der Waals surface area contributed by atoms with Crippen molar-refractivity contribution in [1.29, 1.82) is 0 Å². The second kappa shape index (κ2) is 9.58. The maximum Gasteiger partial charge on any atom is 1.00 e. The molecule has 0 spiro atoms. The average Bonchev–Trinajstić information content (AvgIpc) is 2.88. The Morgan fingerprint density at radius 1 is 1.00 bits per heavy atom. The molecule has 5 atom stereocenters. The molecule has 156 valence electrons. The van der Waals surface area contributed by atoms with Gasteiger partial charge in [-0.15, -0.1) is 0 Å². The minimum atomic E-state index is -4.81. The van der Waals surface area contributed by atoms with E-state index in [0.717, 1.165) is 43.2 Å². The smallest absolute Gasteiger partial charge is 0.726 e. The van der Waals surface area contributed by atoms with Gasteiger partial charge in [-0.3, -0.25) is 4.18 Å². The zero-order chi connectivity index (χ0) is 20.3. The minimum Gasteiger partial charge on any atom is -0.726 e. The number of hydrogen-bond donors (Lipinski definition) is 0. The van der Waals surface area contributed by atoms with Crippen LogP contribution in [0.4, 0.5) is 0 Å². The molecule has 0 amide bonds. The van der Waals surface area contributed by atoms with Crippen molar-refractivity contribution in [2.24, 2.45) is 17.3 Å². The summed E-state index contributed by atoms with van der Waals surface area (Å²) in [5.74, 6) is 0.929. The molecule has 3 unspecified atom stereocenters. The van der Waals surface area contributed by atoms with Crippen molar-refractivity contribution >= 4 is 20.8 Å². The van der Waals surface area contributed by atoms with Crippen LogP contribution in [-0.2, 0) is 31.4 Å². The van der Waals surface area contributed by atoms with Gasteiger partial charge in [-0.25, -0.2) is 16.8 Å². The van der Waals surface area contributed by atoms with Gasteiger partial charge in [0, 0.05) is 0 Å². The van der Waals surface area contributed by atoms with Crippen LogP contribution in [0, 0.1) is 17.3 Å². The number of hydrogen-bond acceptors (Lipinski definition) is 8. The van der Waals surface area contributed by atoms with E-state index in [0.29, 0.717) is 12.3 Å². The van der Waals surface area contributed by atoms with Crippen LogP contribution >= 0.6 is 0 Å². The summed E-state index contributed by atoms with van der Waals surface area (Å²) in [6.45, 7) is 2.03. The van der Waals surface area contributed by atoms with E-state index in [9.17, 15) is 25.9 Å². The Morgan fingerprint density at radius 2 is 1.70 bits per heavy atom. The Balaban J connectivity index is 0.00000160. The van der Waals surface area contributed by atoms with E-state index in [1.165, 1.54) is 6.07 Å². The Morgan fingerprint density at radius 3 is 2.33 bits per heavy atom. The molecule has 1 aromatic carbocycles. The fraction of sp³-hybridized carbons (Fsp3) is 0.667. The first-order valence-electron chi connectivity index (χ1n) is 9.38. The predicted octanol–water partition coefficient (Wildman–Crippen LogP) is -3.76. The van der Waals surface area contributed by atoms with E-state index in [1.807, 2.05) is 13.0 Å². The Hall–Kier alpha value is 0.800. The molecule has 0 aromatic heterocycles. The molecule has 0 bridgehead atoms. The zero-order valence-electron chi connectivity index (χ0n) is 17.4. The van der Waals surface area contributed by atoms with E-state index in [-0.39, 0.29) is 82.1 Å². The number of benzene rings is 1. The molecule has 2 fully saturated rings. The van der Waals surface area contributed by atoms with Crippen molar-refractivity contribution in [2.75, 3.05) is 0 Å². The molecular weight excluding hydrogens is 454 g/mol. The van der Waals surface area contributed by atoms with Crippen molar-refractivity contribution in [3.8, 4) is 5.75 Å². The van der Waals surface area contributed by atoms with Gasteiger partial charge in [0.05, 0.1) is 6.10 Å². The fourth-order valence-electron chi connectivity index (χ4n) is 5.98. The van der Waals surface area contributed by atoms with Gasteiger partial charge in [-0.05, 0) is 85.0 Å². The van der Waals surface area contributed by atoms with Crippen molar-refractivity contribution in [3.63, 3.8) is 0 Å². The molecular formula is C18H22Na2O8S2. The summed E-state index contributed by atoms with van der Waals surface area (Å²) in [5, 5.41) is 0. The van der Waals surface area contributed by atoms with Crippen molar-refractivity contribution in [1.82, 2.24) is 0 Å². The molecule has 0 radical (unpaired) electrons. The van der Waals surface area contributed by atoms with Crippen molar-refractivity contribution < 1.29 is 93.4 Å². The van der Waals surface area contributed by atoms with E-state index < -0.39 is 26.9 Å². The summed E-state index contributed by atoms with van der Waals surface area (Å²) in [6, 6.07) is 4.97. The van der Waals surface area contributed by atoms with E-state index >= 15 is 0 Å². The summed E-state index contributed by atoms with van der Waals surface area (Å²) in [5.41, 5.74) is 1.78. The van der Waals surface area contributed by atoms with Gasteiger partial charge < -0.3 is 13.3 Å².